The SMILES string of the molecule is CCc1cccc(CC)c1NC(=O)N(CC)c1ccccc1. The van der Waals surface area contributed by atoms with Crippen molar-refractivity contribution in [3.05, 3.63) is 59.7 Å². The van der Waals surface area contributed by atoms with Gasteiger partial charge in [-0.1, -0.05) is 50.2 Å². The van der Waals surface area contributed by atoms with Crippen molar-refractivity contribution in [1.29, 1.82) is 0 Å². The highest BCUT2D eigenvalue weighted by Gasteiger charge is 2.16. The van der Waals surface area contributed by atoms with Crippen molar-refractivity contribution < 1.29 is 4.79 Å². The molecule has 0 aromatic heterocycles. The zero-order chi connectivity index (χ0) is 15.9. The molecule has 0 radical (unpaired) electrons. The lowest BCUT2D eigenvalue weighted by Crippen LogP contribution is -2.35. The molecular formula is C19H24N2O. The van der Waals surface area contributed by atoms with Crippen molar-refractivity contribution in [2.45, 2.75) is 33.6 Å². The Labute approximate surface area is 133 Å². The van der Waals surface area contributed by atoms with E-state index in [2.05, 4.69) is 37.4 Å². The molecular weight excluding hydrogens is 272 g/mol. The van der Waals surface area contributed by atoms with E-state index in [1.165, 1.54) is 11.1 Å². The van der Waals surface area contributed by atoms with Crippen molar-refractivity contribution in [3.63, 3.8) is 0 Å². The Balaban J connectivity index is 2.28. The molecule has 22 heavy (non-hydrogen) atoms. The maximum Gasteiger partial charge on any atom is 0.326 e. The summed E-state index contributed by atoms with van der Waals surface area (Å²) < 4.78 is 0. The first-order valence-corrected chi connectivity index (χ1v) is 7.95. The summed E-state index contributed by atoms with van der Waals surface area (Å²) in [5.74, 6) is 0. The van der Waals surface area contributed by atoms with Gasteiger partial charge in [-0.25, -0.2) is 4.79 Å². The van der Waals surface area contributed by atoms with Crippen molar-refractivity contribution in [3.8, 4) is 0 Å². The maximum atomic E-state index is 12.7. The molecule has 2 rings (SSSR count). The number of carbonyl (C=O) groups is 1. The summed E-state index contributed by atoms with van der Waals surface area (Å²) in [6.07, 6.45) is 1.81. The summed E-state index contributed by atoms with van der Waals surface area (Å²) >= 11 is 0. The zero-order valence-electron chi connectivity index (χ0n) is 13.6. The molecule has 0 atom stereocenters. The van der Waals surface area contributed by atoms with Gasteiger partial charge in [0.2, 0.25) is 0 Å². The van der Waals surface area contributed by atoms with Gasteiger partial charge in [0.1, 0.15) is 0 Å². The second-order valence-electron chi connectivity index (χ2n) is 5.17. The number of aryl methyl sites for hydroxylation is 2. The molecule has 2 aromatic carbocycles. The van der Waals surface area contributed by atoms with E-state index in [1.54, 1.807) is 4.90 Å². The largest absolute Gasteiger partial charge is 0.326 e. The lowest BCUT2D eigenvalue weighted by molar-refractivity contribution is 0.257. The Kier molecular flexibility index (Phi) is 5.59. The molecule has 0 bridgehead atoms. The minimum Gasteiger partial charge on any atom is -0.307 e. The van der Waals surface area contributed by atoms with Crippen LogP contribution in [0.1, 0.15) is 31.9 Å². The van der Waals surface area contributed by atoms with Crippen LogP contribution in [0.2, 0.25) is 0 Å². The Morgan fingerprint density at radius 3 is 2.00 bits per heavy atom. The van der Waals surface area contributed by atoms with E-state index in [9.17, 15) is 4.79 Å². The molecule has 1 N–H and O–H groups in total. The van der Waals surface area contributed by atoms with Gasteiger partial charge in [0, 0.05) is 17.9 Å². The summed E-state index contributed by atoms with van der Waals surface area (Å²) in [7, 11) is 0. The molecule has 0 aliphatic heterocycles. The van der Waals surface area contributed by atoms with Crippen LogP contribution in [0, 0.1) is 0 Å². The number of nitrogens with zero attached hydrogens (tertiary/aromatic N) is 1. The van der Waals surface area contributed by atoms with Crippen LogP contribution < -0.4 is 10.2 Å². The fourth-order valence-electron chi connectivity index (χ4n) is 2.63. The fourth-order valence-corrected chi connectivity index (χ4v) is 2.63. The Morgan fingerprint density at radius 1 is 0.909 bits per heavy atom. The van der Waals surface area contributed by atoms with Gasteiger partial charge < -0.3 is 5.32 Å². The Hall–Kier alpha value is -2.29. The normalized spacial score (nSPS) is 10.3. The zero-order valence-corrected chi connectivity index (χ0v) is 13.6. The quantitative estimate of drug-likeness (QED) is 0.838. The number of hydrogen-bond donors (Lipinski definition) is 1. The molecule has 0 aliphatic carbocycles. The molecule has 0 heterocycles. The van der Waals surface area contributed by atoms with Crippen LogP contribution in [0.15, 0.2) is 48.5 Å². The Bertz CT molecular complexity index is 600. The van der Waals surface area contributed by atoms with Crippen LogP contribution >= 0.6 is 0 Å². The van der Waals surface area contributed by atoms with Gasteiger partial charge in [-0.2, -0.15) is 0 Å². The number of para-hydroxylation sites is 2. The molecule has 116 valence electrons. The van der Waals surface area contributed by atoms with Crippen molar-refractivity contribution in [1.82, 2.24) is 0 Å². The molecule has 0 saturated carbocycles. The van der Waals surface area contributed by atoms with E-state index in [-0.39, 0.29) is 6.03 Å². The van der Waals surface area contributed by atoms with Gasteiger partial charge >= 0.3 is 6.03 Å². The lowest BCUT2D eigenvalue weighted by Gasteiger charge is -2.23. The van der Waals surface area contributed by atoms with E-state index < -0.39 is 0 Å². The van der Waals surface area contributed by atoms with Gasteiger partial charge in [-0.3, -0.25) is 4.90 Å². The van der Waals surface area contributed by atoms with Crippen LogP contribution in [0.4, 0.5) is 16.2 Å². The topological polar surface area (TPSA) is 32.3 Å². The predicted molar refractivity (Wildman–Crippen MR) is 93.7 cm³/mol. The van der Waals surface area contributed by atoms with Gasteiger partial charge in [0.15, 0.2) is 0 Å². The number of carbonyl (C=O) groups excluding carboxylic acids is 1. The van der Waals surface area contributed by atoms with Crippen LogP contribution in [0.5, 0.6) is 0 Å². The highest BCUT2D eigenvalue weighted by molar-refractivity contribution is 6.02. The van der Waals surface area contributed by atoms with Crippen LogP contribution in [0.25, 0.3) is 0 Å². The average Bonchev–Trinajstić information content (AvgIpc) is 2.56. The average molecular weight is 296 g/mol. The summed E-state index contributed by atoms with van der Waals surface area (Å²) in [5, 5.41) is 3.12. The summed E-state index contributed by atoms with van der Waals surface area (Å²) in [6.45, 7) is 6.84. The van der Waals surface area contributed by atoms with Gasteiger partial charge in [-0.05, 0) is 43.0 Å². The fraction of sp³-hybridized carbons (Fsp3) is 0.316. The minimum absolute atomic E-state index is 0.0794. The van der Waals surface area contributed by atoms with Gasteiger partial charge in [-0.15, -0.1) is 0 Å². The number of anilines is 2. The minimum atomic E-state index is -0.0794. The summed E-state index contributed by atoms with van der Waals surface area (Å²) in [6, 6.07) is 15.9. The van der Waals surface area contributed by atoms with Gasteiger partial charge in [0.25, 0.3) is 0 Å². The molecule has 2 amide bonds. The number of rotatable bonds is 5. The molecule has 2 aromatic rings. The molecule has 0 fully saturated rings. The third kappa shape index (κ3) is 3.48. The lowest BCUT2D eigenvalue weighted by atomic mass is 10.0. The Morgan fingerprint density at radius 2 is 1.50 bits per heavy atom. The molecule has 0 spiro atoms. The van der Waals surface area contributed by atoms with E-state index in [1.807, 2.05) is 37.3 Å². The van der Waals surface area contributed by atoms with Crippen LogP contribution in [-0.4, -0.2) is 12.6 Å². The highest BCUT2D eigenvalue weighted by Crippen LogP contribution is 2.24. The van der Waals surface area contributed by atoms with Crippen molar-refractivity contribution in [2.24, 2.45) is 0 Å². The molecule has 3 heteroatoms. The predicted octanol–water partition coefficient (Wildman–Crippen LogP) is 4.87. The van der Waals surface area contributed by atoms with E-state index in [4.69, 9.17) is 0 Å². The van der Waals surface area contributed by atoms with E-state index in [0.717, 1.165) is 24.2 Å². The number of urea groups is 1. The highest BCUT2D eigenvalue weighted by atomic mass is 16.2. The number of amides is 2. The monoisotopic (exact) mass is 296 g/mol. The molecule has 0 saturated heterocycles. The smallest absolute Gasteiger partial charge is 0.307 e. The maximum absolute atomic E-state index is 12.7. The molecule has 0 aliphatic rings. The molecule has 3 nitrogen and oxygen atoms in total. The number of nitrogens with one attached hydrogen (secondary N) is 1. The summed E-state index contributed by atoms with van der Waals surface area (Å²) in [5.41, 5.74) is 4.23. The standard InChI is InChI=1S/C19H24N2O/c1-4-15-11-10-12-16(5-2)18(15)20-19(22)21(6-3)17-13-8-7-9-14-17/h7-14H,4-6H2,1-3H3,(H,20,22). The second kappa shape index (κ2) is 7.64. The first-order chi connectivity index (χ1) is 10.7. The number of benzene rings is 2. The second-order valence-corrected chi connectivity index (χ2v) is 5.17. The van der Waals surface area contributed by atoms with Gasteiger partial charge in [0.05, 0.1) is 0 Å². The third-order valence-electron chi connectivity index (χ3n) is 3.86. The van der Waals surface area contributed by atoms with Crippen LogP contribution in [-0.2, 0) is 12.8 Å². The van der Waals surface area contributed by atoms with Crippen LogP contribution in [0.3, 0.4) is 0 Å². The summed E-state index contributed by atoms with van der Waals surface area (Å²) in [4.78, 5) is 14.5. The number of hydrogen-bond acceptors (Lipinski definition) is 1. The first-order valence-electron chi connectivity index (χ1n) is 7.95. The van der Waals surface area contributed by atoms with Crippen molar-refractivity contribution in [2.75, 3.05) is 16.8 Å². The van der Waals surface area contributed by atoms with Crippen molar-refractivity contribution >= 4 is 17.4 Å². The van der Waals surface area contributed by atoms with E-state index >= 15 is 0 Å². The third-order valence-corrected chi connectivity index (χ3v) is 3.86. The van der Waals surface area contributed by atoms with E-state index in [0.29, 0.717) is 6.54 Å². The first kappa shape index (κ1) is 16.1. The molecule has 0 unspecified atom stereocenters.